The van der Waals surface area contributed by atoms with Crippen molar-refractivity contribution in [3.8, 4) is 0 Å². The summed E-state index contributed by atoms with van der Waals surface area (Å²) >= 11 is 0. The maximum atomic E-state index is 12.2. The molecule has 2 N–H and O–H groups in total. The number of aliphatic carboxylic acids is 1. The van der Waals surface area contributed by atoms with Crippen molar-refractivity contribution in [1.82, 2.24) is 5.32 Å². The van der Waals surface area contributed by atoms with E-state index in [1.165, 1.54) is 0 Å². The van der Waals surface area contributed by atoms with Crippen LogP contribution in [-0.4, -0.2) is 35.7 Å². The minimum absolute atomic E-state index is 0.00824. The number of amides is 1. The first-order valence-electron chi connectivity index (χ1n) is 6.52. The standard InChI is InChI=1S/C13H21NO4/c1-3-12(2)6-9(12)11(17)14-13(7-10(15)16)4-5-18-8-13/h9H,3-8H2,1-2H3,(H,14,17)(H,15,16). The largest absolute Gasteiger partial charge is 0.481 e. The molecule has 0 radical (unpaired) electrons. The fourth-order valence-corrected chi connectivity index (χ4v) is 2.73. The Hall–Kier alpha value is -1.10. The normalized spacial score (nSPS) is 38.4. The molecule has 1 aliphatic heterocycles. The van der Waals surface area contributed by atoms with Crippen molar-refractivity contribution in [2.24, 2.45) is 11.3 Å². The number of hydrogen-bond donors (Lipinski definition) is 2. The maximum absolute atomic E-state index is 12.2. The van der Waals surface area contributed by atoms with Crippen LogP contribution in [-0.2, 0) is 14.3 Å². The van der Waals surface area contributed by atoms with Gasteiger partial charge in [-0.05, 0) is 24.7 Å². The minimum Gasteiger partial charge on any atom is -0.481 e. The zero-order chi connectivity index (χ0) is 13.4. The van der Waals surface area contributed by atoms with E-state index in [0.717, 1.165) is 12.8 Å². The molecule has 3 unspecified atom stereocenters. The Kier molecular flexibility index (Phi) is 3.36. The SMILES string of the molecule is CCC1(C)CC1C(=O)NC1(CC(=O)O)CCOC1. The third kappa shape index (κ3) is 2.51. The lowest BCUT2D eigenvalue weighted by atomic mass is 9.93. The van der Waals surface area contributed by atoms with Gasteiger partial charge in [0.05, 0.1) is 18.6 Å². The van der Waals surface area contributed by atoms with Gasteiger partial charge in [-0.3, -0.25) is 9.59 Å². The second-order valence-corrected chi connectivity index (χ2v) is 5.91. The Bertz CT molecular complexity index is 362. The summed E-state index contributed by atoms with van der Waals surface area (Å²) in [5.41, 5.74) is -0.589. The van der Waals surface area contributed by atoms with Crippen LogP contribution in [0.3, 0.4) is 0 Å². The summed E-state index contributed by atoms with van der Waals surface area (Å²) in [6.45, 7) is 5.01. The lowest BCUT2D eigenvalue weighted by molar-refractivity contribution is -0.139. The summed E-state index contributed by atoms with van der Waals surface area (Å²) < 4.78 is 5.26. The second kappa shape index (κ2) is 4.53. The van der Waals surface area contributed by atoms with E-state index in [0.29, 0.717) is 19.6 Å². The number of rotatable bonds is 5. The van der Waals surface area contributed by atoms with Crippen molar-refractivity contribution >= 4 is 11.9 Å². The van der Waals surface area contributed by atoms with Crippen LogP contribution in [0.2, 0.25) is 0 Å². The zero-order valence-corrected chi connectivity index (χ0v) is 11.0. The van der Waals surface area contributed by atoms with E-state index in [-0.39, 0.29) is 23.7 Å². The van der Waals surface area contributed by atoms with Gasteiger partial charge in [0.25, 0.3) is 0 Å². The average molecular weight is 255 g/mol. The first-order chi connectivity index (χ1) is 8.41. The smallest absolute Gasteiger partial charge is 0.305 e. The van der Waals surface area contributed by atoms with Crippen molar-refractivity contribution in [1.29, 1.82) is 0 Å². The van der Waals surface area contributed by atoms with E-state index < -0.39 is 11.5 Å². The summed E-state index contributed by atoms with van der Waals surface area (Å²) in [6.07, 6.45) is 2.40. The molecular weight excluding hydrogens is 234 g/mol. The lowest BCUT2D eigenvalue weighted by Gasteiger charge is -2.27. The molecule has 1 heterocycles. The predicted molar refractivity (Wildman–Crippen MR) is 65.1 cm³/mol. The summed E-state index contributed by atoms with van der Waals surface area (Å²) in [5, 5.41) is 11.9. The number of nitrogens with one attached hydrogen (secondary N) is 1. The molecule has 1 saturated heterocycles. The van der Waals surface area contributed by atoms with E-state index in [2.05, 4.69) is 19.2 Å². The number of ether oxygens (including phenoxy) is 1. The molecule has 0 spiro atoms. The molecule has 1 amide bonds. The molecule has 0 aromatic rings. The summed E-state index contributed by atoms with van der Waals surface area (Å²) in [6, 6.07) is 0. The third-order valence-electron chi connectivity index (χ3n) is 4.46. The summed E-state index contributed by atoms with van der Waals surface area (Å²) in [7, 11) is 0. The van der Waals surface area contributed by atoms with E-state index in [1.54, 1.807) is 0 Å². The summed E-state index contributed by atoms with van der Waals surface area (Å²) in [4.78, 5) is 23.1. The maximum Gasteiger partial charge on any atom is 0.305 e. The van der Waals surface area contributed by atoms with E-state index in [1.807, 2.05) is 0 Å². The van der Waals surface area contributed by atoms with Crippen LogP contribution in [0.1, 0.15) is 39.5 Å². The molecule has 1 saturated carbocycles. The van der Waals surface area contributed by atoms with Gasteiger partial charge in [-0.1, -0.05) is 13.8 Å². The predicted octanol–water partition coefficient (Wildman–Crippen LogP) is 1.17. The van der Waals surface area contributed by atoms with E-state index in [9.17, 15) is 9.59 Å². The van der Waals surface area contributed by atoms with Gasteiger partial charge in [0.2, 0.25) is 5.91 Å². The van der Waals surface area contributed by atoms with Gasteiger partial charge in [0.15, 0.2) is 0 Å². The van der Waals surface area contributed by atoms with Crippen LogP contribution in [0.15, 0.2) is 0 Å². The lowest BCUT2D eigenvalue weighted by Crippen LogP contribution is -2.51. The average Bonchev–Trinajstić information content (AvgIpc) is 2.78. The Morgan fingerprint density at radius 3 is 2.67 bits per heavy atom. The van der Waals surface area contributed by atoms with Crippen molar-refractivity contribution in [2.45, 2.75) is 45.1 Å². The Morgan fingerprint density at radius 1 is 1.50 bits per heavy atom. The first kappa shape index (κ1) is 13.3. The molecule has 3 atom stereocenters. The molecule has 2 rings (SSSR count). The topological polar surface area (TPSA) is 75.6 Å². The van der Waals surface area contributed by atoms with Crippen molar-refractivity contribution in [3.63, 3.8) is 0 Å². The van der Waals surface area contributed by atoms with Crippen molar-refractivity contribution in [3.05, 3.63) is 0 Å². The molecule has 102 valence electrons. The quantitative estimate of drug-likeness (QED) is 0.773. The molecule has 0 aromatic heterocycles. The van der Waals surface area contributed by atoms with Gasteiger partial charge in [-0.15, -0.1) is 0 Å². The molecule has 5 heteroatoms. The van der Waals surface area contributed by atoms with Gasteiger partial charge in [0, 0.05) is 12.5 Å². The molecular formula is C13H21NO4. The fourth-order valence-electron chi connectivity index (χ4n) is 2.73. The highest BCUT2D eigenvalue weighted by molar-refractivity contribution is 5.84. The molecule has 1 aliphatic carbocycles. The highest BCUT2D eigenvalue weighted by Gasteiger charge is 2.54. The highest BCUT2D eigenvalue weighted by atomic mass is 16.5. The van der Waals surface area contributed by atoms with Crippen LogP contribution in [0, 0.1) is 11.3 Å². The summed E-state index contributed by atoms with van der Waals surface area (Å²) in [5.74, 6) is -0.866. The number of carbonyl (C=O) groups excluding carboxylic acids is 1. The van der Waals surface area contributed by atoms with E-state index >= 15 is 0 Å². The minimum atomic E-state index is -0.894. The highest BCUT2D eigenvalue weighted by Crippen LogP contribution is 2.54. The second-order valence-electron chi connectivity index (χ2n) is 5.91. The van der Waals surface area contributed by atoms with Gasteiger partial charge in [-0.25, -0.2) is 0 Å². The van der Waals surface area contributed by atoms with Gasteiger partial charge in [-0.2, -0.15) is 0 Å². The van der Waals surface area contributed by atoms with Gasteiger partial charge >= 0.3 is 5.97 Å². The van der Waals surface area contributed by atoms with Crippen molar-refractivity contribution in [2.75, 3.05) is 13.2 Å². The van der Waals surface area contributed by atoms with Gasteiger partial charge in [0.1, 0.15) is 0 Å². The number of carboxylic acid groups (broad SMARTS) is 1. The monoisotopic (exact) mass is 255 g/mol. The first-order valence-corrected chi connectivity index (χ1v) is 6.52. The van der Waals surface area contributed by atoms with Crippen LogP contribution in [0.4, 0.5) is 0 Å². The Labute approximate surface area is 107 Å². The molecule has 2 fully saturated rings. The fraction of sp³-hybridized carbons (Fsp3) is 0.846. The molecule has 0 aromatic carbocycles. The molecule has 18 heavy (non-hydrogen) atoms. The third-order valence-corrected chi connectivity index (χ3v) is 4.46. The van der Waals surface area contributed by atoms with Gasteiger partial charge < -0.3 is 15.2 Å². The van der Waals surface area contributed by atoms with Crippen LogP contribution >= 0.6 is 0 Å². The number of carboxylic acids is 1. The van der Waals surface area contributed by atoms with E-state index in [4.69, 9.17) is 9.84 Å². The molecule has 2 aliphatic rings. The molecule has 0 bridgehead atoms. The Balaban J connectivity index is 1.98. The number of carbonyl (C=O) groups is 2. The molecule has 5 nitrogen and oxygen atoms in total. The van der Waals surface area contributed by atoms with Crippen LogP contribution in [0.5, 0.6) is 0 Å². The zero-order valence-electron chi connectivity index (χ0n) is 11.0. The van der Waals surface area contributed by atoms with Crippen molar-refractivity contribution < 1.29 is 19.4 Å². The van der Waals surface area contributed by atoms with Crippen LogP contribution in [0.25, 0.3) is 0 Å². The number of hydrogen-bond acceptors (Lipinski definition) is 3. The Morgan fingerprint density at radius 2 is 2.22 bits per heavy atom. The van der Waals surface area contributed by atoms with Crippen LogP contribution < -0.4 is 5.32 Å².